The van der Waals surface area contributed by atoms with Crippen molar-refractivity contribution in [1.82, 2.24) is 24.7 Å². The normalized spacial score (nSPS) is 14.7. The first-order valence-corrected chi connectivity index (χ1v) is 10.7. The minimum atomic E-state index is -0.239. The highest BCUT2D eigenvalue weighted by molar-refractivity contribution is 5.64. The van der Waals surface area contributed by atoms with E-state index >= 15 is 0 Å². The van der Waals surface area contributed by atoms with E-state index in [0.717, 1.165) is 46.9 Å². The molecule has 0 saturated heterocycles. The lowest BCUT2D eigenvalue weighted by Gasteiger charge is -2.16. The Morgan fingerprint density at radius 1 is 1.12 bits per heavy atom. The Kier molecular flexibility index (Phi) is 5.37. The fraction of sp³-hybridized carbons (Fsp3) is 0.250. The molecular formula is C24H24FN7O. The van der Waals surface area contributed by atoms with Crippen molar-refractivity contribution < 1.29 is 9.13 Å². The molecule has 1 aliphatic rings. The van der Waals surface area contributed by atoms with Crippen LogP contribution in [-0.4, -0.2) is 38.9 Å². The number of nitrogens with one attached hydrogen (secondary N) is 2. The molecule has 1 aliphatic carbocycles. The Balaban J connectivity index is 1.48. The van der Waals surface area contributed by atoms with Crippen LogP contribution >= 0.6 is 0 Å². The van der Waals surface area contributed by atoms with Gasteiger partial charge >= 0.3 is 0 Å². The highest BCUT2D eigenvalue weighted by atomic mass is 19.1. The standard InChI is InChI=1S/C24H24FN7O/c1-14-27-13-32(31-14)20-11-8-17(12-21(20)33-3)28-24-29-22-18(15-4-6-16(25)7-5-15)9-10-19(22)23(26-2)30-24/h4-8,11-13,18H,9-10H2,1-3H3,(H2,26,28,29,30)/t18-/m0/s1. The number of aromatic nitrogens is 5. The molecule has 2 aromatic heterocycles. The SMILES string of the molecule is CNc1nc(Nc2ccc(-n3cnc(C)n3)c(OC)c2)nc2c1CC[C@H]2c1ccc(F)cc1. The van der Waals surface area contributed by atoms with Gasteiger partial charge in [0.2, 0.25) is 5.95 Å². The first-order valence-electron chi connectivity index (χ1n) is 10.7. The summed E-state index contributed by atoms with van der Waals surface area (Å²) in [6, 6.07) is 12.4. The van der Waals surface area contributed by atoms with Gasteiger partial charge < -0.3 is 15.4 Å². The third-order valence-corrected chi connectivity index (χ3v) is 5.85. The van der Waals surface area contributed by atoms with E-state index in [1.54, 1.807) is 18.1 Å². The van der Waals surface area contributed by atoms with E-state index in [0.29, 0.717) is 17.5 Å². The van der Waals surface area contributed by atoms with Crippen LogP contribution in [0.3, 0.4) is 0 Å². The monoisotopic (exact) mass is 445 g/mol. The van der Waals surface area contributed by atoms with Crippen molar-refractivity contribution in [2.45, 2.75) is 25.7 Å². The highest BCUT2D eigenvalue weighted by Crippen LogP contribution is 2.40. The number of nitrogens with zero attached hydrogens (tertiary/aromatic N) is 5. The Bertz CT molecular complexity index is 1300. The van der Waals surface area contributed by atoms with Crippen molar-refractivity contribution in [2.24, 2.45) is 0 Å². The van der Waals surface area contributed by atoms with Gasteiger partial charge in [0.15, 0.2) is 0 Å². The van der Waals surface area contributed by atoms with Crippen molar-refractivity contribution >= 4 is 17.5 Å². The molecule has 0 fully saturated rings. The van der Waals surface area contributed by atoms with Gasteiger partial charge in [-0.3, -0.25) is 0 Å². The molecule has 0 unspecified atom stereocenters. The molecule has 9 heteroatoms. The predicted octanol–water partition coefficient (Wildman–Crippen LogP) is 4.38. The second kappa shape index (κ2) is 8.50. The van der Waals surface area contributed by atoms with E-state index < -0.39 is 0 Å². The van der Waals surface area contributed by atoms with Gasteiger partial charge in [-0.2, -0.15) is 10.1 Å². The number of aryl methyl sites for hydroxylation is 1. The van der Waals surface area contributed by atoms with Crippen LogP contribution in [0, 0.1) is 12.7 Å². The summed E-state index contributed by atoms with van der Waals surface area (Å²) >= 11 is 0. The summed E-state index contributed by atoms with van der Waals surface area (Å²) < 4.78 is 20.7. The molecule has 4 aromatic rings. The van der Waals surface area contributed by atoms with Gasteiger partial charge in [-0.05, 0) is 49.6 Å². The lowest BCUT2D eigenvalue weighted by molar-refractivity contribution is 0.412. The van der Waals surface area contributed by atoms with Gasteiger partial charge in [-0.1, -0.05) is 12.1 Å². The molecule has 0 amide bonds. The lowest BCUT2D eigenvalue weighted by atomic mass is 9.97. The smallest absolute Gasteiger partial charge is 0.229 e. The lowest BCUT2D eigenvalue weighted by Crippen LogP contribution is -2.08. The van der Waals surface area contributed by atoms with Crippen molar-refractivity contribution in [3.05, 3.63) is 77.3 Å². The molecule has 0 radical (unpaired) electrons. The zero-order valence-electron chi connectivity index (χ0n) is 18.6. The maximum Gasteiger partial charge on any atom is 0.229 e. The molecule has 0 bridgehead atoms. The van der Waals surface area contributed by atoms with Gasteiger partial charge in [0, 0.05) is 30.3 Å². The van der Waals surface area contributed by atoms with Crippen LogP contribution in [-0.2, 0) is 6.42 Å². The number of ether oxygens (including phenoxy) is 1. The quantitative estimate of drug-likeness (QED) is 0.455. The Morgan fingerprint density at radius 3 is 2.64 bits per heavy atom. The third-order valence-electron chi connectivity index (χ3n) is 5.85. The zero-order chi connectivity index (χ0) is 22.9. The van der Waals surface area contributed by atoms with Gasteiger partial charge in [0.1, 0.15) is 35.2 Å². The summed E-state index contributed by atoms with van der Waals surface area (Å²) in [6.07, 6.45) is 3.43. The van der Waals surface area contributed by atoms with Crippen LogP contribution in [0.5, 0.6) is 5.75 Å². The average Bonchev–Trinajstić information content (AvgIpc) is 3.45. The van der Waals surface area contributed by atoms with Crippen LogP contribution in [0.1, 0.15) is 35.0 Å². The van der Waals surface area contributed by atoms with Gasteiger partial charge in [-0.15, -0.1) is 0 Å². The van der Waals surface area contributed by atoms with Gasteiger partial charge in [-0.25, -0.2) is 19.0 Å². The molecule has 0 saturated carbocycles. The van der Waals surface area contributed by atoms with Crippen molar-refractivity contribution in [3.8, 4) is 11.4 Å². The van der Waals surface area contributed by atoms with E-state index in [1.165, 1.54) is 12.1 Å². The van der Waals surface area contributed by atoms with Crippen LogP contribution in [0.4, 0.5) is 21.8 Å². The molecule has 0 aliphatic heterocycles. The van der Waals surface area contributed by atoms with Crippen LogP contribution in [0.25, 0.3) is 5.69 Å². The summed E-state index contributed by atoms with van der Waals surface area (Å²) in [6.45, 7) is 1.84. The van der Waals surface area contributed by atoms with Crippen LogP contribution in [0.15, 0.2) is 48.8 Å². The topological polar surface area (TPSA) is 89.8 Å². The molecule has 2 aromatic carbocycles. The van der Waals surface area contributed by atoms with Crippen LogP contribution in [0.2, 0.25) is 0 Å². The van der Waals surface area contributed by atoms with E-state index in [2.05, 4.69) is 25.7 Å². The fourth-order valence-electron chi connectivity index (χ4n) is 4.28. The minimum Gasteiger partial charge on any atom is -0.494 e. The average molecular weight is 446 g/mol. The molecule has 8 nitrogen and oxygen atoms in total. The maximum absolute atomic E-state index is 13.4. The fourth-order valence-corrected chi connectivity index (χ4v) is 4.28. The Labute approximate surface area is 190 Å². The second-order valence-corrected chi connectivity index (χ2v) is 7.90. The molecule has 1 atom stereocenters. The third kappa shape index (κ3) is 3.97. The zero-order valence-corrected chi connectivity index (χ0v) is 18.6. The van der Waals surface area contributed by atoms with Gasteiger partial charge in [0.25, 0.3) is 0 Å². The second-order valence-electron chi connectivity index (χ2n) is 7.90. The van der Waals surface area contributed by atoms with E-state index in [9.17, 15) is 4.39 Å². The summed E-state index contributed by atoms with van der Waals surface area (Å²) in [7, 11) is 3.47. The Hall–Kier alpha value is -4.01. The molecule has 2 heterocycles. The molecular weight excluding hydrogens is 421 g/mol. The highest BCUT2D eigenvalue weighted by Gasteiger charge is 2.29. The number of methoxy groups -OCH3 is 1. The number of rotatable bonds is 6. The first-order chi connectivity index (χ1) is 16.1. The predicted molar refractivity (Wildman–Crippen MR) is 124 cm³/mol. The molecule has 168 valence electrons. The van der Waals surface area contributed by atoms with E-state index in [4.69, 9.17) is 9.72 Å². The largest absolute Gasteiger partial charge is 0.494 e. The molecule has 33 heavy (non-hydrogen) atoms. The number of benzene rings is 2. The van der Waals surface area contributed by atoms with Crippen molar-refractivity contribution in [3.63, 3.8) is 0 Å². The van der Waals surface area contributed by atoms with Gasteiger partial charge in [0.05, 0.1) is 12.8 Å². The maximum atomic E-state index is 13.4. The number of halogens is 1. The van der Waals surface area contributed by atoms with Crippen molar-refractivity contribution in [2.75, 3.05) is 24.8 Å². The summed E-state index contributed by atoms with van der Waals surface area (Å²) in [5, 5.41) is 10.9. The van der Waals surface area contributed by atoms with Crippen LogP contribution < -0.4 is 15.4 Å². The minimum absolute atomic E-state index is 0.101. The van der Waals surface area contributed by atoms with Crippen molar-refractivity contribution in [1.29, 1.82) is 0 Å². The number of anilines is 3. The van der Waals surface area contributed by atoms with E-state index in [1.807, 2.05) is 44.3 Å². The molecule has 5 rings (SSSR count). The molecule has 0 spiro atoms. The summed E-state index contributed by atoms with van der Waals surface area (Å²) in [4.78, 5) is 13.7. The van der Waals surface area contributed by atoms with E-state index in [-0.39, 0.29) is 11.7 Å². The molecule has 2 N–H and O–H groups in total. The number of fused-ring (bicyclic) bond motifs is 1. The summed E-state index contributed by atoms with van der Waals surface area (Å²) in [5.41, 5.74) is 4.68. The number of hydrogen-bond donors (Lipinski definition) is 2. The number of hydrogen-bond acceptors (Lipinski definition) is 7. The summed E-state index contributed by atoms with van der Waals surface area (Å²) in [5.74, 6) is 2.47. The first kappa shape index (κ1) is 20.9. The Morgan fingerprint density at radius 2 is 1.94 bits per heavy atom.